The molecule has 20 heavy (non-hydrogen) atoms. The molecule has 5 nitrogen and oxygen atoms in total. The van der Waals surface area contributed by atoms with Gasteiger partial charge >= 0.3 is 6.18 Å². The second-order valence-corrected chi connectivity index (χ2v) is 5.52. The highest BCUT2D eigenvalue weighted by Gasteiger charge is 2.30. The molecule has 0 amide bonds. The van der Waals surface area contributed by atoms with Crippen LogP contribution in [0.4, 0.5) is 18.9 Å². The van der Waals surface area contributed by atoms with E-state index < -0.39 is 18.3 Å². The predicted octanol–water partition coefficient (Wildman–Crippen LogP) is 1.37. The van der Waals surface area contributed by atoms with Gasteiger partial charge in [0, 0.05) is 25.7 Å². The Labute approximate surface area is 121 Å². The van der Waals surface area contributed by atoms with Gasteiger partial charge in [0.15, 0.2) is 0 Å². The van der Waals surface area contributed by atoms with Gasteiger partial charge in [-0.3, -0.25) is 4.79 Å². The quantitative estimate of drug-likeness (QED) is 0.871. The van der Waals surface area contributed by atoms with Crippen molar-refractivity contribution in [2.75, 3.05) is 24.5 Å². The van der Waals surface area contributed by atoms with Gasteiger partial charge in [-0.2, -0.15) is 18.3 Å². The Hall–Kier alpha value is -1.09. The van der Waals surface area contributed by atoms with Crippen molar-refractivity contribution in [2.45, 2.75) is 25.7 Å². The summed E-state index contributed by atoms with van der Waals surface area (Å²) < 4.78 is 37.5. The van der Waals surface area contributed by atoms with Crippen LogP contribution in [0.3, 0.4) is 0 Å². The topological polar surface area (TPSA) is 50.2 Å². The van der Waals surface area contributed by atoms with Gasteiger partial charge in [-0.05, 0) is 22.9 Å². The lowest BCUT2D eigenvalue weighted by Crippen LogP contribution is -2.49. The molecule has 0 aliphatic carbocycles. The summed E-state index contributed by atoms with van der Waals surface area (Å²) in [6.07, 6.45) is -3.17. The third-order valence-corrected chi connectivity index (χ3v) is 3.75. The van der Waals surface area contributed by atoms with Crippen LogP contribution < -0.4 is 15.8 Å². The SMILES string of the molecule is C[C@H]1CN(c2cnn(CC(F)(F)F)c(=O)c2Br)CCN1. The lowest BCUT2D eigenvalue weighted by molar-refractivity contribution is -0.143. The molecule has 0 unspecified atom stereocenters. The van der Waals surface area contributed by atoms with E-state index >= 15 is 0 Å². The Morgan fingerprint density at radius 1 is 1.55 bits per heavy atom. The molecule has 2 rings (SSSR count). The van der Waals surface area contributed by atoms with E-state index in [1.807, 2.05) is 11.8 Å². The summed E-state index contributed by atoms with van der Waals surface area (Å²) in [5, 5.41) is 6.87. The van der Waals surface area contributed by atoms with Crippen LogP contribution in [0.1, 0.15) is 6.92 Å². The van der Waals surface area contributed by atoms with Crippen LogP contribution in [0.2, 0.25) is 0 Å². The second-order valence-electron chi connectivity index (χ2n) is 4.72. The highest BCUT2D eigenvalue weighted by molar-refractivity contribution is 9.10. The molecule has 1 aromatic rings. The summed E-state index contributed by atoms with van der Waals surface area (Å²) in [5.74, 6) is 0. The molecule has 1 aromatic heterocycles. The minimum Gasteiger partial charge on any atom is -0.366 e. The molecular weight excluding hydrogens is 341 g/mol. The van der Waals surface area contributed by atoms with Crippen molar-refractivity contribution in [2.24, 2.45) is 0 Å². The maximum atomic E-state index is 12.3. The number of aromatic nitrogens is 2. The molecule has 1 saturated heterocycles. The van der Waals surface area contributed by atoms with E-state index in [-0.39, 0.29) is 10.5 Å². The van der Waals surface area contributed by atoms with Gasteiger partial charge in [-0.15, -0.1) is 0 Å². The van der Waals surface area contributed by atoms with E-state index in [2.05, 4.69) is 26.3 Å². The van der Waals surface area contributed by atoms with Crippen LogP contribution in [-0.4, -0.2) is 41.6 Å². The van der Waals surface area contributed by atoms with E-state index in [9.17, 15) is 18.0 Å². The first-order chi connectivity index (χ1) is 9.28. The average molecular weight is 355 g/mol. The zero-order chi connectivity index (χ0) is 14.9. The first-order valence-corrected chi connectivity index (χ1v) is 6.88. The average Bonchev–Trinajstić information content (AvgIpc) is 2.34. The highest BCUT2D eigenvalue weighted by atomic mass is 79.9. The lowest BCUT2D eigenvalue weighted by atomic mass is 10.2. The van der Waals surface area contributed by atoms with Crippen molar-refractivity contribution in [3.8, 4) is 0 Å². The van der Waals surface area contributed by atoms with Gasteiger partial charge in [0.2, 0.25) is 0 Å². The van der Waals surface area contributed by atoms with E-state index in [1.54, 1.807) is 0 Å². The molecule has 9 heteroatoms. The van der Waals surface area contributed by atoms with Gasteiger partial charge < -0.3 is 10.2 Å². The van der Waals surface area contributed by atoms with Crippen LogP contribution in [-0.2, 0) is 6.54 Å². The molecule has 2 heterocycles. The third-order valence-electron chi connectivity index (χ3n) is 3.00. The number of rotatable bonds is 2. The van der Waals surface area contributed by atoms with Crippen molar-refractivity contribution in [1.29, 1.82) is 0 Å². The molecule has 112 valence electrons. The van der Waals surface area contributed by atoms with E-state index in [1.165, 1.54) is 6.20 Å². The Morgan fingerprint density at radius 2 is 2.25 bits per heavy atom. The van der Waals surface area contributed by atoms with Crippen LogP contribution in [0.5, 0.6) is 0 Å². The number of hydrogen-bond acceptors (Lipinski definition) is 4. The Balaban J connectivity index is 2.29. The number of nitrogens with zero attached hydrogens (tertiary/aromatic N) is 3. The standard InChI is InChI=1S/C11H14BrF3N4O/c1-7-5-18(3-2-16-7)8-4-17-19(6-11(13,14)15)10(20)9(8)12/h4,7,16H,2-3,5-6H2,1H3/t7-/m0/s1. The minimum absolute atomic E-state index is 0.117. The molecule has 1 aliphatic rings. The summed E-state index contributed by atoms with van der Waals surface area (Å²) in [4.78, 5) is 13.8. The summed E-state index contributed by atoms with van der Waals surface area (Å²) in [6.45, 7) is 2.70. The van der Waals surface area contributed by atoms with Crippen molar-refractivity contribution in [1.82, 2.24) is 15.1 Å². The fraction of sp³-hybridized carbons (Fsp3) is 0.636. The Kier molecular flexibility index (Phi) is 4.38. The molecular formula is C11H14BrF3N4O. The maximum Gasteiger partial charge on any atom is 0.408 e. The lowest BCUT2D eigenvalue weighted by Gasteiger charge is -2.33. The summed E-state index contributed by atoms with van der Waals surface area (Å²) in [6, 6.07) is 0.244. The maximum absolute atomic E-state index is 12.3. The first-order valence-electron chi connectivity index (χ1n) is 6.08. The first kappa shape index (κ1) is 15.3. The fourth-order valence-corrected chi connectivity index (χ4v) is 2.67. The van der Waals surface area contributed by atoms with Crippen LogP contribution in [0.15, 0.2) is 15.5 Å². The van der Waals surface area contributed by atoms with Crippen molar-refractivity contribution >= 4 is 21.6 Å². The molecule has 0 radical (unpaired) electrons. The summed E-state index contributed by atoms with van der Waals surface area (Å²) in [5.41, 5.74) is -0.243. The monoisotopic (exact) mass is 354 g/mol. The van der Waals surface area contributed by atoms with Gasteiger partial charge in [-0.1, -0.05) is 0 Å². The molecule has 0 aromatic carbocycles. The number of halogens is 4. The fourth-order valence-electron chi connectivity index (χ4n) is 2.11. The van der Waals surface area contributed by atoms with Gasteiger partial charge in [0.1, 0.15) is 11.0 Å². The highest BCUT2D eigenvalue weighted by Crippen LogP contribution is 2.23. The summed E-state index contributed by atoms with van der Waals surface area (Å²) >= 11 is 3.09. The van der Waals surface area contributed by atoms with Crippen molar-refractivity contribution in [3.05, 3.63) is 21.0 Å². The molecule has 0 spiro atoms. The number of piperazine rings is 1. The molecule has 1 atom stereocenters. The molecule has 0 bridgehead atoms. The van der Waals surface area contributed by atoms with E-state index in [0.29, 0.717) is 23.5 Å². The van der Waals surface area contributed by atoms with Gasteiger partial charge in [0.05, 0.1) is 11.9 Å². The van der Waals surface area contributed by atoms with Gasteiger partial charge in [0.25, 0.3) is 5.56 Å². The summed E-state index contributed by atoms with van der Waals surface area (Å²) in [7, 11) is 0. The number of alkyl halides is 3. The molecule has 1 fully saturated rings. The predicted molar refractivity (Wildman–Crippen MR) is 71.9 cm³/mol. The van der Waals surface area contributed by atoms with Crippen LogP contribution in [0, 0.1) is 0 Å². The normalized spacial score (nSPS) is 20.2. The van der Waals surface area contributed by atoms with Crippen molar-refractivity contribution in [3.63, 3.8) is 0 Å². The number of nitrogens with one attached hydrogen (secondary N) is 1. The zero-order valence-electron chi connectivity index (χ0n) is 10.7. The van der Waals surface area contributed by atoms with Gasteiger partial charge in [-0.25, -0.2) is 4.68 Å². The second kappa shape index (κ2) is 5.72. The van der Waals surface area contributed by atoms with Crippen LogP contribution in [0.25, 0.3) is 0 Å². The van der Waals surface area contributed by atoms with Crippen molar-refractivity contribution < 1.29 is 13.2 Å². The zero-order valence-corrected chi connectivity index (χ0v) is 12.3. The minimum atomic E-state index is -4.47. The van der Waals surface area contributed by atoms with Crippen LogP contribution >= 0.6 is 15.9 Å². The Morgan fingerprint density at radius 3 is 2.85 bits per heavy atom. The Bertz CT molecular complexity index is 545. The number of anilines is 1. The third kappa shape index (κ3) is 3.51. The number of hydrogen-bond donors (Lipinski definition) is 1. The van der Waals surface area contributed by atoms with E-state index in [0.717, 1.165) is 6.54 Å². The largest absolute Gasteiger partial charge is 0.408 e. The smallest absolute Gasteiger partial charge is 0.366 e. The molecule has 1 N–H and O–H groups in total. The molecule has 1 aliphatic heterocycles. The van der Waals surface area contributed by atoms with E-state index in [4.69, 9.17) is 0 Å². The molecule has 0 saturated carbocycles.